The first kappa shape index (κ1) is 29.5. The smallest absolute Gasteiger partial charge is 0.230 e. The molecule has 2 fully saturated rings. The lowest BCUT2D eigenvalue weighted by molar-refractivity contribution is -0.133. The molecule has 2 aliphatic rings. The van der Waals surface area contributed by atoms with Gasteiger partial charge in [0.2, 0.25) is 11.8 Å². The second-order valence-electron chi connectivity index (χ2n) is 11.1. The second-order valence-corrected chi connectivity index (χ2v) is 11.9. The van der Waals surface area contributed by atoms with E-state index in [1.807, 2.05) is 21.9 Å². The molecule has 2 saturated heterocycles. The molecular formula is C30H37Cl2N7O2. The number of amides is 2. The van der Waals surface area contributed by atoms with Gasteiger partial charge in [0.05, 0.1) is 15.7 Å². The van der Waals surface area contributed by atoms with Crippen LogP contribution in [0.15, 0.2) is 48.8 Å². The first-order valence-electron chi connectivity index (χ1n) is 14.4. The number of likely N-dealkylation sites (tertiary alicyclic amines) is 2. The number of rotatable bonds is 9. The first-order chi connectivity index (χ1) is 19.9. The Morgan fingerprint density at radius 1 is 0.976 bits per heavy atom. The molecular weight excluding hydrogens is 561 g/mol. The normalized spacial score (nSPS) is 17.1. The zero-order valence-corrected chi connectivity index (χ0v) is 25.0. The number of nitrogens with zero attached hydrogens (tertiary/aromatic N) is 7. The lowest BCUT2D eigenvalue weighted by atomic mass is 9.89. The molecule has 5 rings (SSSR count). The zero-order valence-electron chi connectivity index (χ0n) is 23.5. The molecule has 0 N–H and O–H groups in total. The third kappa shape index (κ3) is 7.45. The summed E-state index contributed by atoms with van der Waals surface area (Å²) >= 11 is 12.5. The van der Waals surface area contributed by atoms with Gasteiger partial charge in [-0.25, -0.2) is 4.68 Å². The molecule has 218 valence electrons. The molecule has 0 saturated carbocycles. The van der Waals surface area contributed by atoms with Crippen molar-refractivity contribution in [2.24, 2.45) is 11.8 Å². The number of piperidine rings is 2. The Balaban J connectivity index is 1.15. The maximum atomic E-state index is 13.7. The number of para-hydroxylation sites is 1. The molecule has 3 aromatic rings. The van der Waals surface area contributed by atoms with Gasteiger partial charge in [0.15, 0.2) is 0 Å². The lowest BCUT2D eigenvalue weighted by Gasteiger charge is -2.35. The molecule has 0 atom stereocenters. The molecule has 3 heterocycles. The molecule has 11 heteroatoms. The van der Waals surface area contributed by atoms with Gasteiger partial charge in [0.1, 0.15) is 6.33 Å². The topological polar surface area (TPSA) is 87.5 Å². The summed E-state index contributed by atoms with van der Waals surface area (Å²) in [5, 5.41) is 12.6. The number of hydrogen-bond acceptors (Lipinski definition) is 6. The Hall–Kier alpha value is -3.01. The average Bonchev–Trinajstić information content (AvgIpc) is 3.53. The predicted octanol–water partition coefficient (Wildman–Crippen LogP) is 4.91. The number of tetrazole rings is 1. The van der Waals surface area contributed by atoms with Crippen LogP contribution in [-0.4, -0.2) is 81.1 Å². The number of anilines is 1. The van der Waals surface area contributed by atoms with Crippen LogP contribution in [0.3, 0.4) is 0 Å². The van der Waals surface area contributed by atoms with Crippen LogP contribution in [0.5, 0.6) is 0 Å². The quantitative estimate of drug-likeness (QED) is 0.348. The molecule has 2 aromatic carbocycles. The minimum Gasteiger partial charge on any atom is -0.343 e. The van der Waals surface area contributed by atoms with Crippen LogP contribution in [0.4, 0.5) is 5.69 Å². The Labute approximate surface area is 251 Å². The summed E-state index contributed by atoms with van der Waals surface area (Å²) in [6.07, 6.45) is 7.14. The highest BCUT2D eigenvalue weighted by molar-refractivity contribution is 6.42. The van der Waals surface area contributed by atoms with Crippen molar-refractivity contribution in [3.8, 4) is 5.69 Å². The zero-order chi connectivity index (χ0) is 28.8. The van der Waals surface area contributed by atoms with Gasteiger partial charge in [-0.05, 0) is 104 Å². The van der Waals surface area contributed by atoms with Gasteiger partial charge in [-0.2, -0.15) is 0 Å². The highest BCUT2D eigenvalue weighted by Gasteiger charge is 2.30. The summed E-state index contributed by atoms with van der Waals surface area (Å²) in [5.41, 5.74) is 3.08. The van der Waals surface area contributed by atoms with Gasteiger partial charge in [0, 0.05) is 38.2 Å². The van der Waals surface area contributed by atoms with Crippen molar-refractivity contribution in [3.05, 3.63) is 64.4 Å². The van der Waals surface area contributed by atoms with Crippen molar-refractivity contribution in [1.29, 1.82) is 0 Å². The molecule has 0 spiro atoms. The lowest BCUT2D eigenvalue weighted by Crippen LogP contribution is -2.45. The monoisotopic (exact) mass is 597 g/mol. The van der Waals surface area contributed by atoms with E-state index in [0.29, 0.717) is 48.4 Å². The van der Waals surface area contributed by atoms with Crippen LogP contribution in [0, 0.1) is 11.8 Å². The largest absolute Gasteiger partial charge is 0.343 e. The van der Waals surface area contributed by atoms with Crippen LogP contribution in [0.2, 0.25) is 10.0 Å². The van der Waals surface area contributed by atoms with Gasteiger partial charge in [-0.1, -0.05) is 41.4 Å². The van der Waals surface area contributed by atoms with Crippen molar-refractivity contribution < 1.29 is 9.59 Å². The first-order valence-corrected chi connectivity index (χ1v) is 15.2. The van der Waals surface area contributed by atoms with E-state index in [2.05, 4.69) is 38.6 Å². The molecule has 0 bridgehead atoms. The Kier molecular flexibility index (Phi) is 9.90. The van der Waals surface area contributed by atoms with Crippen LogP contribution in [0.1, 0.15) is 44.6 Å². The van der Waals surface area contributed by atoms with Crippen LogP contribution < -0.4 is 4.90 Å². The van der Waals surface area contributed by atoms with Crippen molar-refractivity contribution in [2.45, 2.75) is 45.4 Å². The molecule has 1 aromatic heterocycles. The minimum atomic E-state index is -0.105. The van der Waals surface area contributed by atoms with Crippen LogP contribution >= 0.6 is 23.2 Å². The molecule has 0 radical (unpaired) electrons. The number of hydrogen-bond donors (Lipinski definition) is 0. The van der Waals surface area contributed by atoms with Crippen LogP contribution in [0.25, 0.3) is 5.69 Å². The Morgan fingerprint density at radius 2 is 1.73 bits per heavy atom. The molecule has 9 nitrogen and oxygen atoms in total. The molecule has 0 aliphatic carbocycles. The van der Waals surface area contributed by atoms with Gasteiger partial charge < -0.3 is 14.7 Å². The van der Waals surface area contributed by atoms with E-state index >= 15 is 0 Å². The van der Waals surface area contributed by atoms with E-state index in [1.54, 1.807) is 30.1 Å². The second kappa shape index (κ2) is 13.8. The van der Waals surface area contributed by atoms with Crippen LogP contribution in [-0.2, 0) is 16.0 Å². The van der Waals surface area contributed by atoms with Crippen molar-refractivity contribution in [2.75, 3.05) is 44.2 Å². The number of benzene rings is 2. The van der Waals surface area contributed by atoms with Gasteiger partial charge in [-0.15, -0.1) is 5.10 Å². The van der Waals surface area contributed by atoms with E-state index in [0.717, 1.165) is 56.7 Å². The molecule has 41 heavy (non-hydrogen) atoms. The summed E-state index contributed by atoms with van der Waals surface area (Å²) in [6, 6.07) is 13.7. The maximum Gasteiger partial charge on any atom is 0.230 e. The van der Waals surface area contributed by atoms with Crippen molar-refractivity contribution in [3.63, 3.8) is 0 Å². The number of carbonyl (C=O) groups excluding carboxylic acids is 2. The Bertz CT molecular complexity index is 1320. The predicted molar refractivity (Wildman–Crippen MR) is 160 cm³/mol. The number of carbonyl (C=O) groups is 2. The van der Waals surface area contributed by atoms with E-state index < -0.39 is 0 Å². The fourth-order valence-electron chi connectivity index (χ4n) is 6.04. The molecule has 2 amide bonds. The highest BCUT2D eigenvalue weighted by atomic mass is 35.5. The summed E-state index contributed by atoms with van der Waals surface area (Å²) < 4.78 is 1.73. The van der Waals surface area contributed by atoms with Gasteiger partial charge >= 0.3 is 0 Å². The van der Waals surface area contributed by atoms with E-state index in [4.69, 9.17) is 23.2 Å². The number of halogens is 2. The summed E-state index contributed by atoms with van der Waals surface area (Å²) in [7, 11) is 0. The maximum absolute atomic E-state index is 13.7. The third-order valence-corrected chi connectivity index (χ3v) is 9.17. The standard InChI is InChI=1S/C30H37Cl2N7O2/c1-22(40)37-17-11-24(12-18-37)30(41)38(26-7-8-27(31)28(32)20-26)14-4-13-36-15-9-23(10-16-36)19-25-5-2-3-6-29(25)39-21-33-34-35-39/h2-3,5-8,20-21,23-24H,4,9-19H2,1H3. The van der Waals surface area contributed by atoms with E-state index in [9.17, 15) is 9.59 Å². The minimum absolute atomic E-state index is 0.0673. The SMILES string of the molecule is CC(=O)N1CCC(C(=O)N(CCCN2CCC(Cc3ccccc3-n3cnnn3)CC2)c2ccc(Cl)c(Cl)c2)CC1. The van der Waals surface area contributed by atoms with Crippen molar-refractivity contribution >= 4 is 40.7 Å². The average molecular weight is 599 g/mol. The van der Waals surface area contributed by atoms with Crippen molar-refractivity contribution in [1.82, 2.24) is 30.0 Å². The van der Waals surface area contributed by atoms with E-state index in [-0.39, 0.29) is 17.7 Å². The molecule has 0 unspecified atom stereocenters. The summed E-state index contributed by atoms with van der Waals surface area (Å²) in [4.78, 5) is 31.7. The summed E-state index contributed by atoms with van der Waals surface area (Å²) in [5.74, 6) is 0.676. The molecule has 2 aliphatic heterocycles. The highest BCUT2D eigenvalue weighted by Crippen LogP contribution is 2.30. The van der Waals surface area contributed by atoms with Gasteiger partial charge in [0.25, 0.3) is 0 Å². The summed E-state index contributed by atoms with van der Waals surface area (Å²) in [6.45, 7) is 6.46. The van der Waals surface area contributed by atoms with E-state index in [1.165, 1.54) is 5.56 Å². The number of aromatic nitrogens is 4. The third-order valence-electron chi connectivity index (χ3n) is 8.43. The fourth-order valence-corrected chi connectivity index (χ4v) is 6.33. The fraction of sp³-hybridized carbons (Fsp3) is 0.500. The van der Waals surface area contributed by atoms with Gasteiger partial charge in [-0.3, -0.25) is 9.59 Å². The Morgan fingerprint density at radius 3 is 2.41 bits per heavy atom.